The van der Waals surface area contributed by atoms with Crippen molar-refractivity contribution in [3.05, 3.63) is 34.3 Å². The van der Waals surface area contributed by atoms with E-state index in [0.29, 0.717) is 32.4 Å². The van der Waals surface area contributed by atoms with Gasteiger partial charge in [-0.25, -0.2) is 0 Å². The molecule has 1 N–H and O–H groups in total. The van der Waals surface area contributed by atoms with E-state index in [1.807, 2.05) is 17.0 Å². The van der Waals surface area contributed by atoms with Crippen LogP contribution in [-0.4, -0.2) is 53.0 Å². The smallest absolute Gasteiger partial charge is 0.306 e. The maximum absolute atomic E-state index is 12.3. The Kier molecular flexibility index (Phi) is 5.41. The first kappa shape index (κ1) is 17.2. The third kappa shape index (κ3) is 3.90. The minimum atomic E-state index is -0.743. The van der Waals surface area contributed by atoms with Crippen LogP contribution in [0.1, 0.15) is 30.4 Å². The summed E-state index contributed by atoms with van der Waals surface area (Å²) in [5.41, 5.74) is 2.49. The fourth-order valence-electron chi connectivity index (χ4n) is 3.60. The van der Waals surface area contributed by atoms with Crippen molar-refractivity contribution in [1.82, 2.24) is 9.80 Å². The topological polar surface area (TPSA) is 60.9 Å². The predicted molar refractivity (Wildman–Crippen MR) is 92.0 cm³/mol. The normalized spacial score (nSPS) is 19.1. The molecule has 0 saturated carbocycles. The van der Waals surface area contributed by atoms with E-state index in [-0.39, 0.29) is 11.8 Å². The van der Waals surface area contributed by atoms with Crippen LogP contribution in [0.2, 0.25) is 5.02 Å². The SMILES string of the molecule is O=C(O)C1CCN(C(=O)CCN2CCc3c(Cl)cccc3C2)CC1. The molecule has 2 aliphatic heterocycles. The molecule has 1 fully saturated rings. The monoisotopic (exact) mass is 350 g/mol. The Balaban J connectivity index is 1.47. The van der Waals surface area contributed by atoms with Gasteiger partial charge in [-0.15, -0.1) is 0 Å². The highest BCUT2D eigenvalue weighted by Gasteiger charge is 2.27. The number of likely N-dealkylation sites (tertiary alicyclic amines) is 1. The highest BCUT2D eigenvalue weighted by atomic mass is 35.5. The standard InChI is InChI=1S/C18H23ClN2O3/c19-16-3-1-2-14-12-20(8-6-15(14)16)9-7-17(22)21-10-4-13(5-11-21)18(23)24/h1-3,13H,4-12H2,(H,23,24). The van der Waals surface area contributed by atoms with E-state index in [2.05, 4.69) is 11.0 Å². The molecule has 0 spiro atoms. The molecule has 24 heavy (non-hydrogen) atoms. The van der Waals surface area contributed by atoms with Gasteiger partial charge >= 0.3 is 5.97 Å². The van der Waals surface area contributed by atoms with Crippen LogP contribution in [0.25, 0.3) is 0 Å². The lowest BCUT2D eigenvalue weighted by atomic mass is 9.97. The number of hydrogen-bond acceptors (Lipinski definition) is 3. The number of halogens is 1. The van der Waals surface area contributed by atoms with Crippen LogP contribution in [0.15, 0.2) is 18.2 Å². The first-order chi connectivity index (χ1) is 11.5. The molecule has 1 aromatic rings. The minimum absolute atomic E-state index is 0.135. The van der Waals surface area contributed by atoms with E-state index >= 15 is 0 Å². The number of amides is 1. The summed E-state index contributed by atoms with van der Waals surface area (Å²) in [5, 5.41) is 9.85. The summed E-state index contributed by atoms with van der Waals surface area (Å²) in [4.78, 5) is 27.4. The predicted octanol–water partition coefficient (Wildman–Crippen LogP) is 2.41. The summed E-state index contributed by atoms with van der Waals surface area (Å²) in [7, 11) is 0. The van der Waals surface area contributed by atoms with Crippen LogP contribution < -0.4 is 0 Å². The van der Waals surface area contributed by atoms with Crippen molar-refractivity contribution in [3.63, 3.8) is 0 Å². The zero-order chi connectivity index (χ0) is 17.1. The number of carboxylic acid groups (broad SMARTS) is 1. The molecular weight excluding hydrogens is 328 g/mol. The number of carbonyl (C=O) groups excluding carboxylic acids is 1. The van der Waals surface area contributed by atoms with Gasteiger partial charge in [-0.2, -0.15) is 0 Å². The number of benzene rings is 1. The van der Waals surface area contributed by atoms with Crippen LogP contribution >= 0.6 is 11.6 Å². The molecule has 130 valence electrons. The van der Waals surface area contributed by atoms with Gasteiger partial charge in [-0.05, 0) is 36.5 Å². The molecule has 1 amide bonds. The van der Waals surface area contributed by atoms with Crippen molar-refractivity contribution < 1.29 is 14.7 Å². The van der Waals surface area contributed by atoms with E-state index in [1.165, 1.54) is 11.1 Å². The Hall–Kier alpha value is -1.59. The van der Waals surface area contributed by atoms with Gasteiger partial charge in [-0.1, -0.05) is 23.7 Å². The number of hydrogen-bond donors (Lipinski definition) is 1. The summed E-state index contributed by atoms with van der Waals surface area (Å²) in [6.07, 6.45) is 2.55. The quantitative estimate of drug-likeness (QED) is 0.905. The molecule has 3 rings (SSSR count). The summed E-state index contributed by atoms with van der Waals surface area (Å²) in [6.45, 7) is 3.63. The van der Waals surface area contributed by atoms with E-state index in [0.717, 1.165) is 31.1 Å². The van der Waals surface area contributed by atoms with Crippen LogP contribution in [0, 0.1) is 5.92 Å². The van der Waals surface area contributed by atoms with Gasteiger partial charge in [0.2, 0.25) is 5.91 Å². The molecule has 0 radical (unpaired) electrons. The molecule has 0 aromatic heterocycles. The maximum Gasteiger partial charge on any atom is 0.306 e. The molecule has 2 aliphatic rings. The Morgan fingerprint density at radius 2 is 1.96 bits per heavy atom. The Labute approximate surface area is 147 Å². The maximum atomic E-state index is 12.3. The zero-order valence-electron chi connectivity index (χ0n) is 13.7. The van der Waals surface area contributed by atoms with Crippen molar-refractivity contribution in [3.8, 4) is 0 Å². The van der Waals surface area contributed by atoms with Gasteiger partial charge in [0.25, 0.3) is 0 Å². The average molecular weight is 351 g/mol. The lowest BCUT2D eigenvalue weighted by molar-refractivity contribution is -0.145. The third-order valence-electron chi connectivity index (χ3n) is 5.13. The van der Waals surface area contributed by atoms with E-state index < -0.39 is 5.97 Å². The molecule has 2 heterocycles. The number of piperidine rings is 1. The lowest BCUT2D eigenvalue weighted by Crippen LogP contribution is -2.42. The Morgan fingerprint density at radius 3 is 2.67 bits per heavy atom. The van der Waals surface area contributed by atoms with E-state index in [1.54, 1.807) is 0 Å². The van der Waals surface area contributed by atoms with Gasteiger partial charge in [0.1, 0.15) is 0 Å². The van der Waals surface area contributed by atoms with Crippen LogP contribution in [0.5, 0.6) is 0 Å². The number of carboxylic acids is 1. The van der Waals surface area contributed by atoms with Crippen LogP contribution in [0.3, 0.4) is 0 Å². The van der Waals surface area contributed by atoms with Crippen molar-refractivity contribution in [1.29, 1.82) is 0 Å². The molecule has 6 heteroatoms. The molecule has 0 unspecified atom stereocenters. The molecule has 5 nitrogen and oxygen atoms in total. The minimum Gasteiger partial charge on any atom is -0.481 e. The molecule has 1 aromatic carbocycles. The average Bonchev–Trinajstić information content (AvgIpc) is 2.60. The van der Waals surface area contributed by atoms with Crippen molar-refractivity contribution in [2.45, 2.75) is 32.2 Å². The number of carbonyl (C=O) groups is 2. The molecule has 0 aliphatic carbocycles. The summed E-state index contributed by atoms with van der Waals surface area (Å²) >= 11 is 6.23. The zero-order valence-corrected chi connectivity index (χ0v) is 14.5. The summed E-state index contributed by atoms with van der Waals surface area (Å²) in [6, 6.07) is 6.01. The number of nitrogens with zero attached hydrogens (tertiary/aromatic N) is 2. The molecular formula is C18H23ClN2O3. The van der Waals surface area contributed by atoms with Gasteiger partial charge in [0, 0.05) is 44.2 Å². The van der Waals surface area contributed by atoms with E-state index in [4.69, 9.17) is 16.7 Å². The van der Waals surface area contributed by atoms with Crippen molar-refractivity contribution in [2.75, 3.05) is 26.2 Å². The highest BCUT2D eigenvalue weighted by molar-refractivity contribution is 6.31. The molecule has 0 bridgehead atoms. The second-order valence-corrected chi connectivity index (χ2v) is 7.05. The second-order valence-electron chi connectivity index (χ2n) is 6.65. The molecule has 0 atom stereocenters. The number of aliphatic carboxylic acids is 1. The third-order valence-corrected chi connectivity index (χ3v) is 5.48. The van der Waals surface area contributed by atoms with Gasteiger partial charge < -0.3 is 10.0 Å². The Bertz CT molecular complexity index is 627. The van der Waals surface area contributed by atoms with Gasteiger partial charge in [0.15, 0.2) is 0 Å². The van der Waals surface area contributed by atoms with Gasteiger partial charge in [0.05, 0.1) is 5.92 Å². The number of rotatable bonds is 4. The largest absolute Gasteiger partial charge is 0.481 e. The highest BCUT2D eigenvalue weighted by Crippen LogP contribution is 2.26. The lowest BCUT2D eigenvalue weighted by Gasteiger charge is -2.32. The fourth-order valence-corrected chi connectivity index (χ4v) is 3.89. The first-order valence-corrected chi connectivity index (χ1v) is 8.91. The van der Waals surface area contributed by atoms with Gasteiger partial charge in [-0.3, -0.25) is 14.5 Å². The van der Waals surface area contributed by atoms with Crippen LogP contribution in [-0.2, 0) is 22.6 Å². The summed E-state index contributed by atoms with van der Waals surface area (Å²) < 4.78 is 0. The van der Waals surface area contributed by atoms with Crippen LogP contribution in [0.4, 0.5) is 0 Å². The summed E-state index contributed by atoms with van der Waals surface area (Å²) in [5.74, 6) is -0.902. The molecule has 1 saturated heterocycles. The first-order valence-electron chi connectivity index (χ1n) is 8.54. The second kappa shape index (κ2) is 7.53. The fraction of sp³-hybridized carbons (Fsp3) is 0.556. The van der Waals surface area contributed by atoms with Crippen molar-refractivity contribution >= 4 is 23.5 Å². The Morgan fingerprint density at radius 1 is 1.21 bits per heavy atom. The van der Waals surface area contributed by atoms with Crippen molar-refractivity contribution in [2.24, 2.45) is 5.92 Å². The van der Waals surface area contributed by atoms with E-state index in [9.17, 15) is 9.59 Å². The number of fused-ring (bicyclic) bond motifs is 1.